The SMILES string of the molecule is CCCCCc1ccc(-c2cn(C[C@@H](N)CO)nn2)cc1. The van der Waals surface area contributed by atoms with Crippen LogP contribution in [0.15, 0.2) is 30.5 Å². The van der Waals surface area contributed by atoms with E-state index in [1.54, 1.807) is 4.68 Å². The molecule has 114 valence electrons. The van der Waals surface area contributed by atoms with E-state index in [-0.39, 0.29) is 12.6 Å². The second-order valence-electron chi connectivity index (χ2n) is 5.42. The third-order valence-corrected chi connectivity index (χ3v) is 3.51. The Labute approximate surface area is 125 Å². The van der Waals surface area contributed by atoms with Crippen molar-refractivity contribution in [2.75, 3.05) is 6.61 Å². The molecule has 1 heterocycles. The van der Waals surface area contributed by atoms with E-state index >= 15 is 0 Å². The van der Waals surface area contributed by atoms with Crippen LogP contribution in [0.4, 0.5) is 0 Å². The highest BCUT2D eigenvalue weighted by molar-refractivity contribution is 5.57. The van der Waals surface area contributed by atoms with Gasteiger partial charge in [-0.05, 0) is 18.4 Å². The lowest BCUT2D eigenvalue weighted by molar-refractivity contribution is 0.250. The van der Waals surface area contributed by atoms with Crippen molar-refractivity contribution < 1.29 is 5.11 Å². The van der Waals surface area contributed by atoms with Crippen LogP contribution in [0, 0.1) is 0 Å². The fraction of sp³-hybridized carbons (Fsp3) is 0.500. The highest BCUT2D eigenvalue weighted by Gasteiger charge is 2.07. The number of aromatic nitrogens is 3. The summed E-state index contributed by atoms with van der Waals surface area (Å²) in [4.78, 5) is 0. The van der Waals surface area contributed by atoms with E-state index in [1.807, 2.05) is 6.20 Å². The number of unbranched alkanes of at least 4 members (excludes halogenated alkanes) is 2. The van der Waals surface area contributed by atoms with Crippen molar-refractivity contribution in [1.82, 2.24) is 15.0 Å². The summed E-state index contributed by atoms with van der Waals surface area (Å²) in [5, 5.41) is 17.1. The first kappa shape index (κ1) is 15.7. The summed E-state index contributed by atoms with van der Waals surface area (Å²) < 4.78 is 1.67. The smallest absolute Gasteiger partial charge is 0.113 e. The minimum Gasteiger partial charge on any atom is -0.395 e. The number of nitrogens with two attached hydrogens (primary N) is 1. The molecular weight excluding hydrogens is 264 g/mol. The van der Waals surface area contributed by atoms with E-state index in [1.165, 1.54) is 24.8 Å². The number of hydrogen-bond acceptors (Lipinski definition) is 4. The molecule has 5 heteroatoms. The van der Waals surface area contributed by atoms with E-state index in [0.29, 0.717) is 6.54 Å². The first-order valence-corrected chi connectivity index (χ1v) is 7.58. The van der Waals surface area contributed by atoms with E-state index in [9.17, 15) is 0 Å². The van der Waals surface area contributed by atoms with Crippen LogP contribution in [0.5, 0.6) is 0 Å². The van der Waals surface area contributed by atoms with Crippen LogP contribution in [0.2, 0.25) is 0 Å². The first-order chi connectivity index (χ1) is 10.2. The summed E-state index contributed by atoms with van der Waals surface area (Å²) in [5.41, 5.74) is 8.94. The molecule has 0 unspecified atom stereocenters. The molecule has 3 N–H and O–H groups in total. The van der Waals surface area contributed by atoms with Crippen LogP contribution in [-0.2, 0) is 13.0 Å². The molecule has 0 spiro atoms. The zero-order chi connectivity index (χ0) is 15.1. The Bertz CT molecular complexity index is 535. The monoisotopic (exact) mass is 288 g/mol. The highest BCUT2D eigenvalue weighted by Crippen LogP contribution is 2.18. The summed E-state index contributed by atoms with van der Waals surface area (Å²) in [6.45, 7) is 2.63. The summed E-state index contributed by atoms with van der Waals surface area (Å²) >= 11 is 0. The number of hydrogen-bond donors (Lipinski definition) is 2. The van der Waals surface area contributed by atoms with Crippen LogP contribution in [0.1, 0.15) is 31.7 Å². The summed E-state index contributed by atoms with van der Waals surface area (Å²) in [7, 11) is 0. The van der Waals surface area contributed by atoms with Gasteiger partial charge in [0.05, 0.1) is 19.3 Å². The van der Waals surface area contributed by atoms with Gasteiger partial charge < -0.3 is 10.8 Å². The largest absolute Gasteiger partial charge is 0.395 e. The minimum atomic E-state index is -0.305. The van der Waals surface area contributed by atoms with Crippen molar-refractivity contribution in [3.05, 3.63) is 36.0 Å². The van der Waals surface area contributed by atoms with Gasteiger partial charge in [-0.2, -0.15) is 0 Å². The van der Waals surface area contributed by atoms with Crippen molar-refractivity contribution in [3.63, 3.8) is 0 Å². The third kappa shape index (κ3) is 4.65. The molecule has 2 aromatic rings. The highest BCUT2D eigenvalue weighted by atomic mass is 16.3. The Balaban J connectivity index is 1.98. The topological polar surface area (TPSA) is 77.0 Å². The summed E-state index contributed by atoms with van der Waals surface area (Å²) in [6.07, 6.45) is 6.76. The van der Waals surface area contributed by atoms with E-state index in [2.05, 4.69) is 41.5 Å². The van der Waals surface area contributed by atoms with Crippen LogP contribution in [0.25, 0.3) is 11.3 Å². The van der Waals surface area contributed by atoms with Crippen LogP contribution in [0.3, 0.4) is 0 Å². The van der Waals surface area contributed by atoms with Gasteiger partial charge in [0.25, 0.3) is 0 Å². The van der Waals surface area contributed by atoms with Gasteiger partial charge in [-0.25, -0.2) is 0 Å². The lowest BCUT2D eigenvalue weighted by Crippen LogP contribution is -2.30. The van der Waals surface area contributed by atoms with Gasteiger partial charge in [-0.1, -0.05) is 49.2 Å². The zero-order valence-corrected chi connectivity index (χ0v) is 12.6. The van der Waals surface area contributed by atoms with E-state index in [4.69, 9.17) is 10.8 Å². The number of aliphatic hydroxyl groups is 1. The van der Waals surface area contributed by atoms with E-state index in [0.717, 1.165) is 17.7 Å². The molecule has 0 radical (unpaired) electrons. The van der Waals surface area contributed by atoms with Gasteiger partial charge in [-0.3, -0.25) is 4.68 Å². The van der Waals surface area contributed by atoms with Crippen molar-refractivity contribution in [1.29, 1.82) is 0 Å². The molecule has 2 rings (SSSR count). The predicted octanol–water partition coefficient (Wildman–Crippen LogP) is 2.00. The van der Waals surface area contributed by atoms with Gasteiger partial charge in [0.2, 0.25) is 0 Å². The lowest BCUT2D eigenvalue weighted by atomic mass is 10.0. The summed E-state index contributed by atoms with van der Waals surface area (Å²) in [5.74, 6) is 0. The fourth-order valence-corrected chi connectivity index (χ4v) is 2.24. The van der Waals surface area contributed by atoms with Gasteiger partial charge >= 0.3 is 0 Å². The Morgan fingerprint density at radius 3 is 2.67 bits per heavy atom. The first-order valence-electron chi connectivity index (χ1n) is 7.58. The molecule has 0 aliphatic carbocycles. The van der Waals surface area contributed by atoms with Crippen LogP contribution >= 0.6 is 0 Å². The number of aliphatic hydroxyl groups excluding tert-OH is 1. The van der Waals surface area contributed by atoms with E-state index < -0.39 is 0 Å². The van der Waals surface area contributed by atoms with Crippen molar-refractivity contribution in [3.8, 4) is 11.3 Å². The Morgan fingerprint density at radius 2 is 2.00 bits per heavy atom. The molecule has 0 amide bonds. The normalized spacial score (nSPS) is 12.5. The molecule has 0 fully saturated rings. The molecule has 0 aliphatic rings. The van der Waals surface area contributed by atoms with Gasteiger partial charge in [-0.15, -0.1) is 5.10 Å². The summed E-state index contributed by atoms with van der Waals surface area (Å²) in [6, 6.07) is 8.18. The second kappa shape index (κ2) is 7.90. The number of aryl methyl sites for hydroxylation is 1. The maximum atomic E-state index is 8.95. The standard InChI is InChI=1S/C16H24N4O/c1-2-3-4-5-13-6-8-14(9-7-13)16-11-20(19-18-16)10-15(17)12-21/h6-9,11,15,21H,2-5,10,12,17H2,1H3/t15-/m1/s1. The average Bonchev–Trinajstić information content (AvgIpc) is 2.96. The van der Waals surface area contributed by atoms with Crippen molar-refractivity contribution in [2.24, 2.45) is 5.73 Å². The van der Waals surface area contributed by atoms with Crippen molar-refractivity contribution >= 4 is 0 Å². The van der Waals surface area contributed by atoms with Gasteiger partial charge in [0.15, 0.2) is 0 Å². The Hall–Kier alpha value is -1.72. The molecule has 1 aromatic carbocycles. The molecule has 1 aromatic heterocycles. The van der Waals surface area contributed by atoms with Crippen LogP contribution in [-0.4, -0.2) is 32.7 Å². The minimum absolute atomic E-state index is 0.0539. The van der Waals surface area contributed by atoms with Crippen LogP contribution < -0.4 is 5.73 Å². The lowest BCUT2D eigenvalue weighted by Gasteiger charge is -2.06. The third-order valence-electron chi connectivity index (χ3n) is 3.51. The molecule has 1 atom stereocenters. The Kier molecular flexibility index (Phi) is 5.90. The van der Waals surface area contributed by atoms with Crippen molar-refractivity contribution in [2.45, 2.75) is 45.2 Å². The quantitative estimate of drug-likeness (QED) is 0.728. The second-order valence-corrected chi connectivity index (χ2v) is 5.42. The zero-order valence-electron chi connectivity index (χ0n) is 12.6. The molecule has 0 bridgehead atoms. The molecule has 21 heavy (non-hydrogen) atoms. The molecule has 0 saturated carbocycles. The Morgan fingerprint density at radius 1 is 1.24 bits per heavy atom. The molecule has 0 saturated heterocycles. The molecular formula is C16H24N4O. The fourth-order valence-electron chi connectivity index (χ4n) is 2.24. The number of rotatable bonds is 8. The number of benzene rings is 1. The van der Waals surface area contributed by atoms with Gasteiger partial charge in [0, 0.05) is 11.6 Å². The number of nitrogens with zero attached hydrogens (tertiary/aromatic N) is 3. The maximum absolute atomic E-state index is 8.95. The molecule has 5 nitrogen and oxygen atoms in total. The predicted molar refractivity (Wildman–Crippen MR) is 83.7 cm³/mol. The van der Waals surface area contributed by atoms with Gasteiger partial charge in [0.1, 0.15) is 5.69 Å². The maximum Gasteiger partial charge on any atom is 0.113 e. The average molecular weight is 288 g/mol. The molecule has 0 aliphatic heterocycles.